The van der Waals surface area contributed by atoms with Crippen LogP contribution in [0.15, 0.2) is 116 Å². The number of rotatable bonds is 39. The normalized spacial score (nSPS) is 13.5. The lowest BCUT2D eigenvalue weighted by Crippen LogP contribution is -2.16. The van der Waals surface area contributed by atoms with Gasteiger partial charge < -0.3 is 29.2 Å². The Labute approximate surface area is 465 Å². The van der Waals surface area contributed by atoms with Gasteiger partial charge in [0.05, 0.1) is 39.9 Å². The molecular formula is C67H100O10. The summed E-state index contributed by atoms with van der Waals surface area (Å²) in [5.74, 6) is -3.83. The molecule has 0 atom stereocenters. The van der Waals surface area contributed by atoms with Crippen molar-refractivity contribution in [1.82, 2.24) is 0 Å². The molecule has 0 aliphatic rings. The Morgan fingerprint density at radius 1 is 0.338 bits per heavy atom. The Kier molecular flexibility index (Phi) is 36.2. The third-order valence-electron chi connectivity index (χ3n) is 13.6. The fourth-order valence-electron chi connectivity index (χ4n) is 8.57. The highest BCUT2D eigenvalue weighted by Crippen LogP contribution is 2.50. The lowest BCUT2D eigenvalue weighted by molar-refractivity contribution is -0.142. The average Bonchev–Trinajstić information content (AvgIpc) is 3.35. The fraction of sp³-hybridized carbons (Fsp3) is 0.552. The van der Waals surface area contributed by atoms with Gasteiger partial charge >= 0.3 is 23.9 Å². The number of carboxylic acids is 2. The van der Waals surface area contributed by atoms with Crippen LogP contribution in [0, 0.1) is 6.92 Å². The number of benzene rings is 1. The number of allylic oxidation sites excluding steroid dienone is 20. The van der Waals surface area contributed by atoms with Gasteiger partial charge in [0.15, 0.2) is 11.5 Å². The molecule has 0 aromatic heterocycles. The van der Waals surface area contributed by atoms with Crippen molar-refractivity contribution in [2.75, 3.05) is 14.2 Å². The Morgan fingerprint density at radius 3 is 0.844 bits per heavy atom. The fourth-order valence-corrected chi connectivity index (χ4v) is 8.57. The van der Waals surface area contributed by atoms with E-state index in [-0.39, 0.29) is 42.3 Å². The molecule has 0 spiro atoms. The van der Waals surface area contributed by atoms with Gasteiger partial charge in [0.2, 0.25) is 11.5 Å². The maximum Gasteiger partial charge on any atom is 0.311 e. The van der Waals surface area contributed by atoms with Crippen LogP contribution in [0.25, 0.3) is 0 Å². The average molecular weight is 1070 g/mol. The number of hydrogen-bond acceptors (Lipinski definition) is 8. The number of ether oxygens (including phenoxy) is 4. The van der Waals surface area contributed by atoms with Crippen molar-refractivity contribution in [2.24, 2.45) is 0 Å². The van der Waals surface area contributed by atoms with Crippen molar-refractivity contribution >= 4 is 23.9 Å². The number of methoxy groups -OCH3 is 2. The molecule has 0 unspecified atom stereocenters. The first-order valence-corrected chi connectivity index (χ1v) is 28.2. The molecule has 0 bridgehead atoms. The van der Waals surface area contributed by atoms with E-state index < -0.39 is 36.7 Å². The van der Waals surface area contributed by atoms with E-state index in [9.17, 15) is 19.2 Å². The zero-order valence-electron chi connectivity index (χ0n) is 50.2. The number of hydrogen-bond donors (Lipinski definition) is 2. The molecule has 0 radical (unpaired) electrons. The van der Waals surface area contributed by atoms with Crippen LogP contribution in [-0.4, -0.2) is 48.3 Å². The van der Waals surface area contributed by atoms with Crippen LogP contribution in [0.5, 0.6) is 23.0 Å². The van der Waals surface area contributed by atoms with E-state index in [0.717, 1.165) is 115 Å². The van der Waals surface area contributed by atoms with E-state index in [0.29, 0.717) is 11.1 Å². The second kappa shape index (κ2) is 40.3. The molecule has 10 heteroatoms. The van der Waals surface area contributed by atoms with E-state index in [1.807, 2.05) is 13.0 Å². The van der Waals surface area contributed by atoms with E-state index in [4.69, 9.17) is 29.2 Å². The highest BCUT2D eigenvalue weighted by molar-refractivity contribution is 5.82. The Hall–Kier alpha value is -5.90. The van der Waals surface area contributed by atoms with Gasteiger partial charge in [-0.3, -0.25) is 19.2 Å². The minimum absolute atomic E-state index is 0.0116. The lowest BCUT2D eigenvalue weighted by Gasteiger charge is -2.22. The molecule has 0 saturated carbocycles. The molecule has 1 rings (SSSR count). The van der Waals surface area contributed by atoms with Crippen molar-refractivity contribution in [2.45, 2.75) is 231 Å². The second-order valence-corrected chi connectivity index (χ2v) is 21.4. The number of esters is 2. The largest absolute Gasteiger partial charge is 0.490 e. The molecule has 0 amide bonds. The molecule has 428 valence electrons. The van der Waals surface area contributed by atoms with Crippen molar-refractivity contribution < 1.29 is 48.3 Å². The minimum Gasteiger partial charge on any atom is -0.490 e. The van der Waals surface area contributed by atoms with Crippen molar-refractivity contribution in [3.8, 4) is 23.0 Å². The van der Waals surface area contributed by atoms with Gasteiger partial charge in [0.1, 0.15) is 0 Å². The summed E-state index contributed by atoms with van der Waals surface area (Å²) in [5, 5.41) is 18.2. The summed E-state index contributed by atoms with van der Waals surface area (Å²) in [5.41, 5.74) is 15.1. The van der Waals surface area contributed by atoms with Crippen molar-refractivity contribution in [1.29, 1.82) is 0 Å². The minimum atomic E-state index is -1.14. The Bertz CT molecular complexity index is 2370. The highest BCUT2D eigenvalue weighted by Gasteiger charge is 2.29. The zero-order valence-corrected chi connectivity index (χ0v) is 50.2. The molecular weight excluding hydrogens is 965 g/mol. The molecule has 1 aromatic carbocycles. The van der Waals surface area contributed by atoms with Crippen LogP contribution in [0.2, 0.25) is 0 Å². The van der Waals surface area contributed by atoms with Gasteiger partial charge in [-0.05, 0) is 205 Å². The van der Waals surface area contributed by atoms with E-state index in [1.54, 1.807) is 6.92 Å². The van der Waals surface area contributed by atoms with Gasteiger partial charge in [-0.2, -0.15) is 0 Å². The van der Waals surface area contributed by atoms with Crippen LogP contribution >= 0.6 is 0 Å². The maximum atomic E-state index is 12.8. The summed E-state index contributed by atoms with van der Waals surface area (Å²) in [6, 6.07) is 0. The molecule has 0 aliphatic carbocycles. The van der Waals surface area contributed by atoms with Crippen molar-refractivity contribution in [3.63, 3.8) is 0 Å². The van der Waals surface area contributed by atoms with Crippen LogP contribution < -0.4 is 18.9 Å². The smallest absolute Gasteiger partial charge is 0.311 e. The first kappa shape index (κ1) is 69.1. The van der Waals surface area contributed by atoms with Crippen LogP contribution in [0.4, 0.5) is 0 Å². The van der Waals surface area contributed by atoms with Gasteiger partial charge in [-0.25, -0.2) is 0 Å². The first-order valence-electron chi connectivity index (χ1n) is 28.2. The molecule has 0 saturated heterocycles. The number of carbonyl (C=O) groups excluding carboxylic acids is 2. The molecule has 77 heavy (non-hydrogen) atoms. The SMILES string of the molecule is COc1c(OC(=O)CCC(=O)O)c(C)c(C/C=C(\C)CC/C=C(\C)CC/C=C(\C)CC/C=C(\C)CC/C=C(\C)CC/C=C(\C)CC/C=C(\C)CC/C=C(\C)CC/C=C(\C)CCC=C(C)C)c(OC(=O)CCC(=O)O)c1OC. The lowest BCUT2D eigenvalue weighted by atomic mass is 9.99. The second-order valence-electron chi connectivity index (χ2n) is 21.4. The predicted molar refractivity (Wildman–Crippen MR) is 319 cm³/mol. The standard InChI is InChI=1S/C67H100O10/c1-48(2)24-15-25-49(3)26-16-27-50(4)28-17-29-51(5)30-18-31-52(6)32-19-33-53(7)34-20-35-54(8)36-21-37-55(9)38-22-39-56(10)40-23-41-57(11)42-43-59-58(12)64(76-62(72)46-44-60(68)69)66(74-13)67(75-14)65(59)77-63(73)47-45-61(70)71/h24,26,28,30,32,34,36,38,40,42H,15-23,25,27,29,31,33,35,37,39,41,43-47H2,1-14H3,(H,68,69)(H,70,71)/b49-26+,50-28+,51-30+,52-32+,53-34+,54-36+,55-38+,56-40+,57-42+. The van der Waals surface area contributed by atoms with E-state index in [1.165, 1.54) is 70.8 Å². The summed E-state index contributed by atoms with van der Waals surface area (Å²) in [7, 11) is 2.67. The summed E-state index contributed by atoms with van der Waals surface area (Å²) < 4.78 is 22.5. The van der Waals surface area contributed by atoms with Crippen LogP contribution in [-0.2, 0) is 25.6 Å². The molecule has 0 fully saturated rings. The molecule has 1 aromatic rings. The Morgan fingerprint density at radius 2 is 0.584 bits per heavy atom. The highest BCUT2D eigenvalue weighted by atomic mass is 16.6. The number of aliphatic carboxylic acids is 2. The third-order valence-corrected chi connectivity index (χ3v) is 13.6. The summed E-state index contributed by atoms with van der Waals surface area (Å²) in [6.07, 6.45) is 41.5. The van der Waals surface area contributed by atoms with E-state index >= 15 is 0 Å². The van der Waals surface area contributed by atoms with Crippen LogP contribution in [0.1, 0.15) is 229 Å². The quantitative estimate of drug-likeness (QED) is 0.0371. The molecule has 0 heterocycles. The molecule has 2 N–H and O–H groups in total. The van der Waals surface area contributed by atoms with Gasteiger partial charge in [-0.1, -0.05) is 116 Å². The van der Waals surface area contributed by atoms with E-state index in [2.05, 4.69) is 124 Å². The number of carboxylic acid groups (broad SMARTS) is 2. The van der Waals surface area contributed by atoms with Crippen LogP contribution in [0.3, 0.4) is 0 Å². The van der Waals surface area contributed by atoms with Gasteiger partial charge in [0.25, 0.3) is 0 Å². The molecule has 0 aliphatic heterocycles. The number of carbonyl (C=O) groups is 4. The maximum absolute atomic E-state index is 12.8. The monoisotopic (exact) mass is 1060 g/mol. The van der Waals surface area contributed by atoms with Gasteiger partial charge in [0, 0.05) is 11.1 Å². The summed E-state index contributed by atoms with van der Waals surface area (Å²) in [6.45, 7) is 26.1. The summed E-state index contributed by atoms with van der Waals surface area (Å²) in [4.78, 5) is 47.7. The van der Waals surface area contributed by atoms with Crippen molar-refractivity contribution in [3.05, 3.63) is 128 Å². The zero-order chi connectivity index (χ0) is 57.7. The first-order chi connectivity index (χ1) is 36.6. The predicted octanol–water partition coefficient (Wildman–Crippen LogP) is 18.6. The third kappa shape index (κ3) is 33.1. The molecule has 10 nitrogen and oxygen atoms in total. The topological polar surface area (TPSA) is 146 Å². The Balaban J connectivity index is 2.61. The summed E-state index contributed by atoms with van der Waals surface area (Å²) >= 11 is 0. The van der Waals surface area contributed by atoms with Gasteiger partial charge in [-0.15, -0.1) is 0 Å².